The maximum atomic E-state index is 13.1. The Labute approximate surface area is 212 Å². The molecule has 6 heteroatoms. The van der Waals surface area contributed by atoms with Gasteiger partial charge in [0, 0.05) is 62.6 Å². The number of aryl methyl sites for hydroxylation is 2. The first-order chi connectivity index (χ1) is 16.7. The van der Waals surface area contributed by atoms with E-state index >= 15 is 0 Å². The molecule has 0 unspecified atom stereocenters. The van der Waals surface area contributed by atoms with Gasteiger partial charge in [-0.2, -0.15) is 0 Å². The Morgan fingerprint density at radius 1 is 1.00 bits per heavy atom. The summed E-state index contributed by atoms with van der Waals surface area (Å²) < 4.78 is 0. The number of hydrogen-bond donors (Lipinski definition) is 0. The van der Waals surface area contributed by atoms with E-state index in [1.54, 1.807) is 19.2 Å². The zero-order valence-electron chi connectivity index (χ0n) is 20.6. The Balaban J connectivity index is 0.000000795. The molecule has 1 aliphatic heterocycles. The monoisotopic (exact) mass is 490 g/mol. The van der Waals surface area contributed by atoms with Gasteiger partial charge >= 0.3 is 0 Å². The lowest BCUT2D eigenvalue weighted by Crippen LogP contribution is -2.47. The second-order valence-corrected chi connectivity index (χ2v) is 9.51. The molecule has 1 fully saturated rings. The van der Waals surface area contributed by atoms with E-state index in [1.165, 1.54) is 23.6 Å². The Kier molecular flexibility index (Phi) is 8.94. The molecule has 4 rings (SSSR count). The molecule has 0 N–H and O–H groups in total. The molecule has 0 saturated carbocycles. The summed E-state index contributed by atoms with van der Waals surface area (Å²) in [4.78, 5) is 39.9. The number of aromatic nitrogens is 1. The van der Waals surface area contributed by atoms with E-state index in [-0.39, 0.29) is 22.9 Å². The van der Waals surface area contributed by atoms with Crippen LogP contribution in [0, 0.1) is 13.8 Å². The summed E-state index contributed by atoms with van der Waals surface area (Å²) in [5.74, 6) is 0.652. The summed E-state index contributed by atoms with van der Waals surface area (Å²) in [5, 5.41) is -0.361. The average molecular weight is 491 g/mol. The lowest BCUT2D eigenvalue weighted by Gasteiger charge is -2.39. The molecule has 3 aromatic rings. The molecule has 2 aromatic carbocycles. The van der Waals surface area contributed by atoms with Gasteiger partial charge in [-0.15, -0.1) is 0 Å². The summed E-state index contributed by atoms with van der Waals surface area (Å²) in [6.45, 7) is 8.49. The minimum absolute atomic E-state index is 0.00803. The molecule has 182 valence electrons. The third kappa shape index (κ3) is 7.09. The van der Waals surface area contributed by atoms with Crippen LogP contribution in [0.15, 0.2) is 66.9 Å². The van der Waals surface area contributed by atoms with Crippen molar-refractivity contribution in [1.29, 1.82) is 0 Å². The number of benzene rings is 2. The van der Waals surface area contributed by atoms with E-state index in [0.29, 0.717) is 17.9 Å². The van der Waals surface area contributed by atoms with Gasteiger partial charge in [-0.05, 0) is 59.8 Å². The van der Waals surface area contributed by atoms with Crippen LogP contribution in [0.5, 0.6) is 0 Å². The number of amides is 1. The summed E-state index contributed by atoms with van der Waals surface area (Å²) >= 11 is 4.64. The SMILES string of the molecule is CC(=O)Cl.CC(=O)N1CC(c2ccc([C@@H](CC(=O)c3ccnc(C)c3)c3ccccc3C)cc2)C1. The maximum Gasteiger partial charge on any atom is 0.219 e. The molecule has 1 aromatic heterocycles. The van der Waals surface area contributed by atoms with Gasteiger partial charge in [0.05, 0.1) is 0 Å². The third-order valence-electron chi connectivity index (χ3n) is 6.31. The molecule has 5 nitrogen and oxygen atoms in total. The van der Waals surface area contributed by atoms with Crippen LogP contribution in [-0.2, 0) is 9.59 Å². The van der Waals surface area contributed by atoms with Crippen molar-refractivity contribution < 1.29 is 14.4 Å². The molecule has 1 amide bonds. The molecule has 2 heterocycles. The maximum absolute atomic E-state index is 13.1. The molecule has 1 atom stereocenters. The van der Waals surface area contributed by atoms with Crippen LogP contribution >= 0.6 is 11.6 Å². The number of rotatable bonds is 6. The molecular formula is C29H31ClN2O3. The zero-order valence-corrected chi connectivity index (χ0v) is 21.4. The smallest absolute Gasteiger partial charge is 0.219 e. The van der Waals surface area contributed by atoms with Crippen molar-refractivity contribution in [2.45, 2.75) is 46.0 Å². The average Bonchev–Trinajstić information content (AvgIpc) is 2.77. The molecule has 0 radical (unpaired) electrons. The number of Topliss-reactive ketones (excluding diaryl/α,β-unsaturated/α-hetero) is 1. The van der Waals surface area contributed by atoms with Crippen molar-refractivity contribution >= 4 is 28.5 Å². The standard InChI is InChI=1S/C27H28N2O2.C2H3ClO/c1-18-6-4-5-7-25(18)26(15-27(31)23-12-13-28-19(2)14-23)22-10-8-21(9-11-22)24-16-29(17-24)20(3)30;1-2(3)4/h4-14,24,26H,15-17H2,1-3H3;1H3/t26-;/m1./s1. The van der Waals surface area contributed by atoms with E-state index in [9.17, 15) is 14.4 Å². The van der Waals surface area contributed by atoms with Gasteiger partial charge in [0.15, 0.2) is 5.78 Å². The number of carbonyl (C=O) groups is 3. The minimum Gasteiger partial charge on any atom is -0.342 e. The molecular weight excluding hydrogens is 460 g/mol. The van der Waals surface area contributed by atoms with Crippen LogP contribution in [-0.4, -0.2) is 39.9 Å². The molecule has 0 spiro atoms. The molecule has 35 heavy (non-hydrogen) atoms. The summed E-state index contributed by atoms with van der Waals surface area (Å²) in [7, 11) is 0. The highest BCUT2D eigenvalue weighted by Crippen LogP contribution is 2.34. The summed E-state index contributed by atoms with van der Waals surface area (Å²) in [6, 6.07) is 20.6. The normalized spacial score (nSPS) is 13.8. The van der Waals surface area contributed by atoms with Gasteiger partial charge in [0.2, 0.25) is 11.1 Å². The molecule has 1 aliphatic rings. The first-order valence-corrected chi connectivity index (χ1v) is 12.1. The van der Waals surface area contributed by atoms with Crippen LogP contribution < -0.4 is 0 Å². The van der Waals surface area contributed by atoms with Gasteiger partial charge in [-0.25, -0.2) is 0 Å². The van der Waals surface area contributed by atoms with Crippen LogP contribution in [0.2, 0.25) is 0 Å². The highest BCUT2D eigenvalue weighted by atomic mass is 35.5. The number of hydrogen-bond acceptors (Lipinski definition) is 4. The van der Waals surface area contributed by atoms with Crippen LogP contribution in [0.1, 0.15) is 70.4 Å². The van der Waals surface area contributed by atoms with Crippen molar-refractivity contribution in [3.8, 4) is 0 Å². The number of nitrogens with zero attached hydrogens (tertiary/aromatic N) is 2. The first-order valence-electron chi connectivity index (χ1n) is 11.7. The molecule has 0 aliphatic carbocycles. The van der Waals surface area contributed by atoms with Gasteiger partial charge in [-0.3, -0.25) is 19.4 Å². The number of halogens is 1. The second-order valence-electron chi connectivity index (χ2n) is 8.98. The van der Waals surface area contributed by atoms with Gasteiger partial charge in [0.25, 0.3) is 0 Å². The van der Waals surface area contributed by atoms with Crippen molar-refractivity contribution in [1.82, 2.24) is 9.88 Å². The van der Waals surface area contributed by atoms with E-state index in [1.807, 2.05) is 30.0 Å². The van der Waals surface area contributed by atoms with E-state index in [2.05, 4.69) is 59.9 Å². The zero-order chi connectivity index (χ0) is 25.5. The van der Waals surface area contributed by atoms with Crippen LogP contribution in [0.25, 0.3) is 0 Å². The number of carbonyl (C=O) groups excluding carboxylic acids is 3. The lowest BCUT2D eigenvalue weighted by molar-refractivity contribution is -0.133. The Morgan fingerprint density at radius 2 is 1.63 bits per heavy atom. The molecule has 1 saturated heterocycles. The van der Waals surface area contributed by atoms with Crippen LogP contribution in [0.3, 0.4) is 0 Å². The van der Waals surface area contributed by atoms with Crippen molar-refractivity contribution in [2.75, 3.05) is 13.1 Å². The minimum atomic E-state index is -0.361. The van der Waals surface area contributed by atoms with E-state index < -0.39 is 0 Å². The molecule has 0 bridgehead atoms. The topological polar surface area (TPSA) is 67.3 Å². The van der Waals surface area contributed by atoms with E-state index in [0.717, 1.165) is 24.3 Å². The lowest BCUT2D eigenvalue weighted by atomic mass is 9.82. The number of likely N-dealkylation sites (tertiary alicyclic amines) is 1. The Hall–Kier alpha value is -3.31. The van der Waals surface area contributed by atoms with Gasteiger partial charge in [0.1, 0.15) is 0 Å². The predicted molar refractivity (Wildman–Crippen MR) is 139 cm³/mol. The van der Waals surface area contributed by atoms with Crippen molar-refractivity contribution in [2.24, 2.45) is 0 Å². The highest BCUT2D eigenvalue weighted by molar-refractivity contribution is 6.62. The fourth-order valence-electron chi connectivity index (χ4n) is 4.35. The van der Waals surface area contributed by atoms with Crippen molar-refractivity contribution in [3.05, 3.63) is 100 Å². The number of pyridine rings is 1. The summed E-state index contributed by atoms with van der Waals surface area (Å²) in [5.41, 5.74) is 6.32. The quantitative estimate of drug-likeness (QED) is 0.322. The second kappa shape index (κ2) is 11.9. The van der Waals surface area contributed by atoms with Gasteiger partial charge < -0.3 is 4.90 Å². The number of ketones is 1. The summed E-state index contributed by atoms with van der Waals surface area (Å²) in [6.07, 6.45) is 2.11. The van der Waals surface area contributed by atoms with Crippen LogP contribution in [0.4, 0.5) is 0 Å². The fraction of sp³-hybridized carbons (Fsp3) is 0.310. The van der Waals surface area contributed by atoms with Gasteiger partial charge in [-0.1, -0.05) is 48.5 Å². The largest absolute Gasteiger partial charge is 0.342 e. The fourth-order valence-corrected chi connectivity index (χ4v) is 4.35. The highest BCUT2D eigenvalue weighted by Gasteiger charge is 2.30. The Morgan fingerprint density at radius 3 is 2.20 bits per heavy atom. The Bertz CT molecular complexity index is 1200. The third-order valence-corrected chi connectivity index (χ3v) is 6.31. The predicted octanol–water partition coefficient (Wildman–Crippen LogP) is 5.82. The van der Waals surface area contributed by atoms with E-state index in [4.69, 9.17) is 0 Å². The first kappa shape index (κ1) is 26.3. The van der Waals surface area contributed by atoms with Crippen molar-refractivity contribution in [3.63, 3.8) is 0 Å².